The van der Waals surface area contributed by atoms with E-state index in [1.54, 1.807) is 27.1 Å². The van der Waals surface area contributed by atoms with Crippen molar-refractivity contribution in [3.05, 3.63) is 40.7 Å². The zero-order valence-corrected chi connectivity index (χ0v) is 26.2. The molecule has 11 nitrogen and oxygen atoms in total. The van der Waals surface area contributed by atoms with Gasteiger partial charge in [-0.05, 0) is 82.7 Å². The molecule has 5 heterocycles. The fraction of sp³-hybridized carbons (Fsp3) is 0.552. The Morgan fingerprint density at radius 1 is 1.14 bits per heavy atom. The molecule has 3 aliphatic heterocycles. The second-order valence-electron chi connectivity index (χ2n) is 12.0. The average Bonchev–Trinajstić information content (AvgIpc) is 3.72. The lowest BCUT2D eigenvalue weighted by Crippen LogP contribution is -2.44. The van der Waals surface area contributed by atoms with Crippen LogP contribution in [0.3, 0.4) is 0 Å². The van der Waals surface area contributed by atoms with E-state index in [-0.39, 0.29) is 28.1 Å². The quantitative estimate of drug-likeness (QED) is 0.341. The highest BCUT2D eigenvalue weighted by Crippen LogP contribution is 2.42. The first-order chi connectivity index (χ1) is 20.0. The van der Waals surface area contributed by atoms with E-state index in [1.807, 2.05) is 0 Å². The molecule has 1 aromatic carbocycles. The van der Waals surface area contributed by atoms with Crippen molar-refractivity contribution in [1.29, 1.82) is 0 Å². The van der Waals surface area contributed by atoms with E-state index in [4.69, 9.17) is 21.1 Å². The molecule has 3 atom stereocenters. The number of aryl methyl sites for hydroxylation is 2. The number of anilines is 4. The van der Waals surface area contributed by atoms with Gasteiger partial charge in [-0.2, -0.15) is 10.1 Å². The molecule has 7 rings (SSSR count). The predicted octanol–water partition coefficient (Wildman–Crippen LogP) is 4.96. The highest BCUT2D eigenvalue weighted by atomic mass is 35.5. The summed E-state index contributed by atoms with van der Waals surface area (Å²) in [6, 6.07) is 4.70. The highest BCUT2D eigenvalue weighted by Gasteiger charge is 2.36. The maximum Gasteiger partial charge on any atom is 0.229 e. The van der Waals surface area contributed by atoms with Gasteiger partial charge in [0.25, 0.3) is 0 Å². The number of fused-ring (bicyclic) bond motifs is 4. The number of halogens is 1. The van der Waals surface area contributed by atoms with Gasteiger partial charge in [0.15, 0.2) is 5.82 Å². The second kappa shape index (κ2) is 11.3. The molecule has 4 fully saturated rings. The Bertz CT molecular complexity index is 1590. The third-order valence-corrected chi connectivity index (χ3v) is 10.7. The number of nitrogens with one attached hydrogen (secondary N) is 2. The van der Waals surface area contributed by atoms with Gasteiger partial charge in [-0.15, -0.1) is 0 Å². The number of morpholine rings is 1. The second-order valence-corrected chi connectivity index (χ2v) is 14.8. The third kappa shape index (κ3) is 5.95. The number of likely N-dealkylation sites (N-methyl/N-ethyl adjacent to an activating group) is 1. The van der Waals surface area contributed by atoms with Crippen molar-refractivity contribution in [3.63, 3.8) is 0 Å². The molecular formula is C29H38ClN7O4S. The van der Waals surface area contributed by atoms with Crippen molar-refractivity contribution in [3.8, 4) is 5.75 Å². The molecule has 1 aliphatic carbocycles. The molecule has 4 aliphatic rings. The topological polar surface area (TPSA) is 124 Å². The maximum atomic E-state index is 12.9. The van der Waals surface area contributed by atoms with Crippen molar-refractivity contribution < 1.29 is 17.9 Å². The van der Waals surface area contributed by atoms with E-state index in [9.17, 15) is 8.42 Å². The molecule has 3 saturated heterocycles. The van der Waals surface area contributed by atoms with Crippen LogP contribution in [0.4, 0.5) is 23.1 Å². The minimum atomic E-state index is -3.64. The van der Waals surface area contributed by atoms with E-state index in [2.05, 4.69) is 56.7 Å². The Kier molecular flexibility index (Phi) is 7.84. The summed E-state index contributed by atoms with van der Waals surface area (Å²) in [6.45, 7) is 7.13. The molecule has 3 unspecified atom stereocenters. The summed E-state index contributed by atoms with van der Waals surface area (Å²) in [4.78, 5) is 11.4. The van der Waals surface area contributed by atoms with Crippen molar-refractivity contribution >= 4 is 44.6 Å². The van der Waals surface area contributed by atoms with Gasteiger partial charge < -0.3 is 20.1 Å². The van der Waals surface area contributed by atoms with Crippen molar-refractivity contribution in [2.45, 2.75) is 80.9 Å². The number of aromatic nitrogens is 4. The number of hydrogen-bond acceptors (Lipinski definition) is 10. The summed E-state index contributed by atoms with van der Waals surface area (Å²) >= 11 is 6.45. The van der Waals surface area contributed by atoms with Crippen LogP contribution < -0.4 is 15.4 Å². The van der Waals surface area contributed by atoms with Gasteiger partial charge in [-0.1, -0.05) is 11.6 Å². The van der Waals surface area contributed by atoms with E-state index >= 15 is 0 Å². The Balaban J connectivity index is 1.29. The van der Waals surface area contributed by atoms with Crippen LogP contribution >= 0.6 is 11.6 Å². The fourth-order valence-electron chi connectivity index (χ4n) is 5.74. The SMILES string of the molecule is Cc1cc(Nc2ncc(Cl)c(Nc3cn(C)nc3S(=O)(=O)C(C)C)n2)c(OC2CC2)cc1C1CC2CN(C)C(CO2)C1. The lowest BCUT2D eigenvalue weighted by atomic mass is 9.86. The largest absolute Gasteiger partial charge is 0.488 e. The fourth-order valence-corrected chi connectivity index (χ4v) is 6.98. The van der Waals surface area contributed by atoms with Crippen LogP contribution in [0.2, 0.25) is 5.02 Å². The molecule has 0 amide bonds. The Morgan fingerprint density at radius 3 is 2.64 bits per heavy atom. The van der Waals surface area contributed by atoms with E-state index in [1.165, 1.54) is 22.0 Å². The molecule has 2 N–H and O–H groups in total. The number of ether oxygens (including phenoxy) is 2. The molecule has 0 spiro atoms. The molecule has 42 heavy (non-hydrogen) atoms. The predicted molar refractivity (Wildman–Crippen MR) is 162 cm³/mol. The van der Waals surface area contributed by atoms with Crippen LogP contribution in [0.5, 0.6) is 5.75 Å². The molecule has 3 aromatic rings. The zero-order chi connectivity index (χ0) is 29.8. The Labute approximate surface area is 251 Å². The average molecular weight is 616 g/mol. The summed E-state index contributed by atoms with van der Waals surface area (Å²) in [5.41, 5.74) is 3.52. The summed E-state index contributed by atoms with van der Waals surface area (Å²) in [6.07, 6.45) is 7.64. The van der Waals surface area contributed by atoms with Gasteiger partial charge >= 0.3 is 0 Å². The lowest BCUT2D eigenvalue weighted by Gasteiger charge is -2.33. The number of hydrogen-bond donors (Lipinski definition) is 2. The monoisotopic (exact) mass is 615 g/mol. The van der Waals surface area contributed by atoms with E-state index < -0.39 is 15.1 Å². The van der Waals surface area contributed by atoms with Gasteiger partial charge in [-0.3, -0.25) is 9.58 Å². The van der Waals surface area contributed by atoms with Crippen LogP contribution in [0, 0.1) is 6.92 Å². The molecule has 2 aromatic heterocycles. The normalized spacial score (nSPS) is 22.8. The number of rotatable bonds is 9. The highest BCUT2D eigenvalue weighted by molar-refractivity contribution is 7.92. The molecule has 2 bridgehead atoms. The van der Waals surface area contributed by atoms with Crippen LogP contribution in [-0.2, 0) is 21.6 Å². The lowest BCUT2D eigenvalue weighted by molar-refractivity contribution is -0.0396. The maximum absolute atomic E-state index is 12.9. The van der Waals surface area contributed by atoms with Crippen LogP contribution in [0.25, 0.3) is 0 Å². The first kappa shape index (κ1) is 29.2. The van der Waals surface area contributed by atoms with E-state index in [0.717, 1.165) is 50.3 Å². The zero-order valence-electron chi connectivity index (χ0n) is 24.6. The molecular weight excluding hydrogens is 578 g/mol. The summed E-state index contributed by atoms with van der Waals surface area (Å²) < 4.78 is 39.8. The summed E-state index contributed by atoms with van der Waals surface area (Å²) in [5, 5.41) is 10.1. The standard InChI is InChI=1S/C29H38ClN7O4S/c1-16(2)42(38,39)28-25(14-37(5)35-28)32-27-23(30)12-31-29(34-27)33-24-8-17(3)22(11-26(24)41-20-6-7-20)18-9-19-15-40-21(10-18)13-36(19)4/h8,11-12,14,16,18-21H,6-7,9-10,13,15H2,1-5H3,(H2,31,32,33,34). The van der Waals surface area contributed by atoms with Gasteiger partial charge in [0.05, 0.1) is 41.6 Å². The van der Waals surface area contributed by atoms with Crippen LogP contribution in [-0.4, -0.2) is 76.8 Å². The third-order valence-electron chi connectivity index (χ3n) is 8.30. The minimum Gasteiger partial charge on any atom is -0.488 e. The van der Waals surface area contributed by atoms with Crippen molar-refractivity contribution in [2.75, 3.05) is 30.8 Å². The molecule has 0 radical (unpaired) electrons. The molecule has 13 heteroatoms. The number of benzene rings is 1. The Morgan fingerprint density at radius 2 is 1.93 bits per heavy atom. The van der Waals surface area contributed by atoms with Gasteiger partial charge in [0, 0.05) is 25.8 Å². The van der Waals surface area contributed by atoms with Crippen molar-refractivity contribution in [1.82, 2.24) is 24.6 Å². The number of nitrogens with zero attached hydrogens (tertiary/aromatic N) is 5. The first-order valence-corrected chi connectivity index (χ1v) is 16.4. The van der Waals surface area contributed by atoms with Gasteiger partial charge in [0.2, 0.25) is 20.8 Å². The number of sulfone groups is 1. The van der Waals surface area contributed by atoms with Crippen LogP contribution in [0.1, 0.15) is 56.6 Å². The molecule has 1 saturated carbocycles. The minimum absolute atomic E-state index is 0.0564. The summed E-state index contributed by atoms with van der Waals surface area (Å²) in [5.74, 6) is 1.73. The first-order valence-electron chi connectivity index (χ1n) is 14.4. The Hall–Kier alpha value is -2.93. The molecule has 226 valence electrons. The van der Waals surface area contributed by atoms with Gasteiger partial charge in [-0.25, -0.2) is 13.4 Å². The van der Waals surface area contributed by atoms with E-state index in [0.29, 0.717) is 23.6 Å². The smallest absolute Gasteiger partial charge is 0.229 e. The summed E-state index contributed by atoms with van der Waals surface area (Å²) in [7, 11) is 0.217. The van der Waals surface area contributed by atoms with Gasteiger partial charge in [0.1, 0.15) is 10.8 Å². The van der Waals surface area contributed by atoms with Crippen molar-refractivity contribution in [2.24, 2.45) is 7.05 Å². The van der Waals surface area contributed by atoms with Crippen LogP contribution in [0.15, 0.2) is 29.6 Å².